The van der Waals surface area contributed by atoms with E-state index in [4.69, 9.17) is 17.3 Å². The molecule has 3 rings (SSSR count). The largest absolute Gasteiger partial charge is 0.325 e. The Morgan fingerprint density at radius 3 is 2.38 bits per heavy atom. The van der Waals surface area contributed by atoms with Gasteiger partial charge in [0.1, 0.15) is 0 Å². The van der Waals surface area contributed by atoms with Crippen LogP contribution in [0.15, 0.2) is 54.6 Å². The molecule has 1 heterocycles. The number of hydrogen-bond acceptors (Lipinski definition) is 3. The Labute approximate surface area is 133 Å². The topological polar surface area (TPSA) is 38.9 Å². The number of benzene rings is 2. The van der Waals surface area contributed by atoms with Crippen molar-refractivity contribution in [1.29, 1.82) is 0 Å². The second-order valence-corrected chi connectivity index (χ2v) is 6.28. The molecule has 0 aliphatic carbocycles. The summed E-state index contributed by atoms with van der Waals surface area (Å²) in [6.45, 7) is 0.460. The molecule has 0 aliphatic rings. The van der Waals surface area contributed by atoms with Crippen molar-refractivity contribution < 1.29 is 0 Å². The van der Waals surface area contributed by atoms with Gasteiger partial charge in [0.05, 0.1) is 15.6 Å². The lowest BCUT2D eigenvalue weighted by Crippen LogP contribution is -1.98. The average Bonchev–Trinajstić information content (AvgIpc) is 2.93. The molecule has 0 amide bonds. The van der Waals surface area contributed by atoms with Crippen LogP contribution in [0, 0.1) is 0 Å². The second kappa shape index (κ2) is 6.39. The highest BCUT2D eigenvalue weighted by Gasteiger charge is 2.12. The van der Waals surface area contributed by atoms with E-state index in [1.54, 1.807) is 11.3 Å². The van der Waals surface area contributed by atoms with Crippen LogP contribution in [0.4, 0.5) is 0 Å². The van der Waals surface area contributed by atoms with Crippen LogP contribution < -0.4 is 5.73 Å². The highest BCUT2D eigenvalue weighted by Crippen LogP contribution is 2.31. The summed E-state index contributed by atoms with van der Waals surface area (Å²) < 4.78 is 0. The molecule has 0 bridgehead atoms. The lowest BCUT2D eigenvalue weighted by molar-refractivity contribution is 0.984. The maximum absolute atomic E-state index is 5.92. The molecule has 2 N–H and O–H groups in total. The molecule has 0 radical (unpaired) electrons. The van der Waals surface area contributed by atoms with Gasteiger partial charge in [-0.2, -0.15) is 0 Å². The minimum absolute atomic E-state index is 0.460. The van der Waals surface area contributed by atoms with Gasteiger partial charge in [-0.25, -0.2) is 4.98 Å². The zero-order valence-corrected chi connectivity index (χ0v) is 13.0. The van der Waals surface area contributed by atoms with Crippen molar-refractivity contribution in [3.63, 3.8) is 0 Å². The van der Waals surface area contributed by atoms with Crippen molar-refractivity contribution >= 4 is 22.9 Å². The normalized spacial score (nSPS) is 10.8. The summed E-state index contributed by atoms with van der Waals surface area (Å²) in [5, 5.41) is 1.84. The first-order chi connectivity index (χ1) is 10.3. The average molecular weight is 315 g/mol. The van der Waals surface area contributed by atoms with Gasteiger partial charge in [0.25, 0.3) is 0 Å². The minimum atomic E-state index is 0.460. The van der Waals surface area contributed by atoms with Crippen LogP contribution in [-0.4, -0.2) is 4.98 Å². The third-order valence-electron chi connectivity index (χ3n) is 3.24. The first-order valence-electron chi connectivity index (χ1n) is 6.75. The van der Waals surface area contributed by atoms with Gasteiger partial charge in [0, 0.05) is 18.0 Å². The number of hydrogen-bond donors (Lipinski definition) is 1. The van der Waals surface area contributed by atoms with Crippen LogP contribution in [0.25, 0.3) is 10.4 Å². The number of rotatable bonds is 4. The van der Waals surface area contributed by atoms with Crippen molar-refractivity contribution in [3.05, 3.63) is 75.9 Å². The van der Waals surface area contributed by atoms with E-state index in [0.717, 1.165) is 22.1 Å². The number of aromatic nitrogens is 1. The standard InChI is InChI=1S/C17H15ClN2S/c18-14-8-6-12(7-9-14)10-16-20-15(11-19)17(21-16)13-4-2-1-3-5-13/h1-9H,10-11,19H2. The molecule has 0 aliphatic heterocycles. The smallest absolute Gasteiger partial charge is 0.0979 e. The fourth-order valence-electron chi connectivity index (χ4n) is 2.21. The highest BCUT2D eigenvalue weighted by molar-refractivity contribution is 7.15. The molecule has 2 aromatic carbocycles. The van der Waals surface area contributed by atoms with E-state index in [1.807, 2.05) is 42.5 Å². The highest BCUT2D eigenvalue weighted by atomic mass is 35.5. The Morgan fingerprint density at radius 2 is 1.71 bits per heavy atom. The Bertz CT molecular complexity index is 720. The van der Waals surface area contributed by atoms with Gasteiger partial charge in [0.15, 0.2) is 0 Å². The van der Waals surface area contributed by atoms with E-state index in [1.165, 1.54) is 16.0 Å². The summed E-state index contributed by atoms with van der Waals surface area (Å²) in [6.07, 6.45) is 0.807. The lowest BCUT2D eigenvalue weighted by atomic mass is 10.1. The summed E-state index contributed by atoms with van der Waals surface area (Å²) in [5.74, 6) is 0. The van der Waals surface area contributed by atoms with Gasteiger partial charge in [-0.05, 0) is 23.3 Å². The molecule has 21 heavy (non-hydrogen) atoms. The van der Waals surface area contributed by atoms with E-state index >= 15 is 0 Å². The quantitative estimate of drug-likeness (QED) is 0.769. The van der Waals surface area contributed by atoms with E-state index in [9.17, 15) is 0 Å². The number of nitrogens with zero attached hydrogens (tertiary/aromatic N) is 1. The maximum atomic E-state index is 5.92. The van der Waals surface area contributed by atoms with Crippen LogP contribution in [0.1, 0.15) is 16.3 Å². The van der Waals surface area contributed by atoms with Gasteiger partial charge >= 0.3 is 0 Å². The fraction of sp³-hybridized carbons (Fsp3) is 0.118. The molecular weight excluding hydrogens is 300 g/mol. The molecular formula is C17H15ClN2S. The number of halogens is 1. The molecule has 106 valence electrons. The van der Waals surface area contributed by atoms with Gasteiger partial charge in [-0.1, -0.05) is 54.1 Å². The number of thiazole rings is 1. The summed E-state index contributed by atoms with van der Waals surface area (Å²) in [7, 11) is 0. The van der Waals surface area contributed by atoms with Crippen molar-refractivity contribution in [1.82, 2.24) is 4.98 Å². The summed E-state index contributed by atoms with van der Waals surface area (Å²) in [5.41, 5.74) is 9.19. The minimum Gasteiger partial charge on any atom is -0.325 e. The van der Waals surface area contributed by atoms with Gasteiger partial charge in [-0.15, -0.1) is 11.3 Å². The first-order valence-corrected chi connectivity index (χ1v) is 7.94. The van der Waals surface area contributed by atoms with E-state index in [0.29, 0.717) is 6.54 Å². The third-order valence-corrected chi connectivity index (χ3v) is 4.64. The second-order valence-electron chi connectivity index (χ2n) is 4.76. The van der Waals surface area contributed by atoms with Crippen LogP contribution >= 0.6 is 22.9 Å². The van der Waals surface area contributed by atoms with Crippen LogP contribution in [0.5, 0.6) is 0 Å². The zero-order valence-electron chi connectivity index (χ0n) is 11.4. The van der Waals surface area contributed by atoms with Gasteiger partial charge in [-0.3, -0.25) is 0 Å². The molecule has 0 fully saturated rings. The Kier molecular flexibility index (Phi) is 4.34. The van der Waals surface area contributed by atoms with Crippen molar-refractivity contribution in [2.45, 2.75) is 13.0 Å². The molecule has 0 saturated heterocycles. The van der Waals surface area contributed by atoms with Gasteiger partial charge < -0.3 is 5.73 Å². The predicted octanol–water partition coefficient (Wildman–Crippen LogP) is 4.51. The van der Waals surface area contributed by atoms with Gasteiger partial charge in [0.2, 0.25) is 0 Å². The SMILES string of the molecule is NCc1nc(Cc2ccc(Cl)cc2)sc1-c1ccccc1. The first kappa shape index (κ1) is 14.3. The van der Waals surface area contributed by atoms with E-state index in [2.05, 4.69) is 17.1 Å². The van der Waals surface area contributed by atoms with Crippen LogP contribution in [0.3, 0.4) is 0 Å². The maximum Gasteiger partial charge on any atom is 0.0979 e. The summed E-state index contributed by atoms with van der Waals surface area (Å²) >= 11 is 7.63. The molecule has 0 unspecified atom stereocenters. The molecule has 0 saturated carbocycles. The molecule has 0 atom stereocenters. The molecule has 1 aromatic heterocycles. The Balaban J connectivity index is 1.91. The van der Waals surface area contributed by atoms with E-state index < -0.39 is 0 Å². The molecule has 3 aromatic rings. The fourth-order valence-corrected chi connectivity index (χ4v) is 3.46. The monoisotopic (exact) mass is 314 g/mol. The number of nitrogens with two attached hydrogens (primary N) is 1. The Hall–Kier alpha value is -1.68. The summed E-state index contributed by atoms with van der Waals surface area (Å²) in [6, 6.07) is 18.2. The van der Waals surface area contributed by atoms with E-state index in [-0.39, 0.29) is 0 Å². The van der Waals surface area contributed by atoms with Crippen molar-refractivity contribution in [2.75, 3.05) is 0 Å². The molecule has 2 nitrogen and oxygen atoms in total. The predicted molar refractivity (Wildman–Crippen MR) is 89.7 cm³/mol. The lowest BCUT2D eigenvalue weighted by Gasteiger charge is -1.98. The third kappa shape index (κ3) is 3.32. The Morgan fingerprint density at radius 1 is 1.00 bits per heavy atom. The molecule has 4 heteroatoms. The molecule has 0 spiro atoms. The van der Waals surface area contributed by atoms with Crippen molar-refractivity contribution in [3.8, 4) is 10.4 Å². The van der Waals surface area contributed by atoms with Crippen LogP contribution in [0.2, 0.25) is 5.02 Å². The zero-order chi connectivity index (χ0) is 14.7. The van der Waals surface area contributed by atoms with Crippen LogP contribution in [-0.2, 0) is 13.0 Å². The summed E-state index contributed by atoms with van der Waals surface area (Å²) in [4.78, 5) is 5.85. The van der Waals surface area contributed by atoms with Crippen molar-refractivity contribution in [2.24, 2.45) is 5.73 Å².